The van der Waals surface area contributed by atoms with Crippen molar-refractivity contribution in [1.29, 1.82) is 5.26 Å². The lowest BCUT2D eigenvalue weighted by Crippen LogP contribution is -2.47. The molecule has 0 spiro atoms. The summed E-state index contributed by atoms with van der Waals surface area (Å²) in [7, 11) is 4.81. The van der Waals surface area contributed by atoms with Crippen LogP contribution in [-0.4, -0.2) is 80.4 Å². The van der Waals surface area contributed by atoms with Crippen LogP contribution in [0, 0.1) is 17.2 Å². The maximum Gasteiger partial charge on any atom is 0.407 e. The van der Waals surface area contributed by atoms with E-state index in [0.717, 1.165) is 44.1 Å². The van der Waals surface area contributed by atoms with Crippen LogP contribution in [0.25, 0.3) is 0 Å². The van der Waals surface area contributed by atoms with E-state index in [2.05, 4.69) is 16.3 Å². The Bertz CT molecular complexity index is 1000. The van der Waals surface area contributed by atoms with E-state index in [1.807, 2.05) is 32.9 Å². The second-order valence-electron chi connectivity index (χ2n) is 11.3. The third kappa shape index (κ3) is 8.40. The number of hydrogen-bond donors (Lipinski definition) is 1. The largest absolute Gasteiger partial charge is 0.496 e. The summed E-state index contributed by atoms with van der Waals surface area (Å²) in [4.78, 5) is 29.4. The van der Waals surface area contributed by atoms with Crippen LogP contribution < -0.4 is 19.5 Å². The highest BCUT2D eigenvalue weighted by atomic mass is 16.6. The number of hydrogen-bond acceptors (Lipinski definition) is 8. The normalized spacial score (nSPS) is 21.3. The highest BCUT2D eigenvalue weighted by Gasteiger charge is 2.33. The van der Waals surface area contributed by atoms with E-state index in [0.29, 0.717) is 42.8 Å². The molecule has 216 valence electrons. The van der Waals surface area contributed by atoms with E-state index in [1.54, 1.807) is 26.2 Å². The Kier molecular flexibility index (Phi) is 10.7. The Morgan fingerprint density at radius 3 is 2.23 bits per heavy atom. The first-order valence-corrected chi connectivity index (χ1v) is 13.8. The summed E-state index contributed by atoms with van der Waals surface area (Å²) in [5.74, 6) is 2.21. The number of benzene rings is 1. The van der Waals surface area contributed by atoms with Gasteiger partial charge in [0.05, 0.1) is 39.5 Å². The van der Waals surface area contributed by atoms with Crippen LogP contribution >= 0.6 is 0 Å². The summed E-state index contributed by atoms with van der Waals surface area (Å²) >= 11 is 0. The Labute approximate surface area is 232 Å². The second kappa shape index (κ2) is 13.7. The van der Waals surface area contributed by atoms with E-state index in [4.69, 9.17) is 18.9 Å². The van der Waals surface area contributed by atoms with Gasteiger partial charge in [-0.2, -0.15) is 5.26 Å². The molecule has 3 rings (SSSR count). The molecule has 0 aromatic heterocycles. The number of rotatable bonds is 10. The van der Waals surface area contributed by atoms with Crippen LogP contribution in [-0.2, 0) is 16.1 Å². The predicted octanol–water partition coefficient (Wildman–Crippen LogP) is 4.11. The third-order valence-electron chi connectivity index (χ3n) is 7.51. The molecule has 10 heteroatoms. The minimum atomic E-state index is -0.530. The molecular weight excluding hydrogens is 500 g/mol. The third-order valence-corrected chi connectivity index (χ3v) is 7.51. The molecule has 0 radical (unpaired) electrons. The van der Waals surface area contributed by atoms with E-state index in [1.165, 1.54) is 0 Å². The quantitative estimate of drug-likeness (QED) is 0.468. The molecular formula is C29H44N4O6. The van der Waals surface area contributed by atoms with Crippen molar-refractivity contribution >= 4 is 12.0 Å². The number of alkyl carbamates (subject to hydrolysis) is 1. The van der Waals surface area contributed by atoms with Crippen molar-refractivity contribution in [3.05, 3.63) is 17.7 Å². The van der Waals surface area contributed by atoms with Gasteiger partial charge in [-0.25, -0.2) is 4.79 Å². The molecule has 1 heterocycles. The molecule has 2 fully saturated rings. The van der Waals surface area contributed by atoms with Crippen molar-refractivity contribution in [3.8, 4) is 23.3 Å². The Balaban J connectivity index is 1.74. The average Bonchev–Trinajstić information content (AvgIpc) is 3.40. The number of methoxy groups -OCH3 is 3. The first-order valence-electron chi connectivity index (χ1n) is 13.8. The summed E-state index contributed by atoms with van der Waals surface area (Å²) in [6.45, 7) is 7.40. The van der Waals surface area contributed by atoms with E-state index in [9.17, 15) is 14.9 Å². The van der Waals surface area contributed by atoms with Crippen molar-refractivity contribution < 1.29 is 28.5 Å². The lowest BCUT2D eigenvalue weighted by molar-refractivity contribution is -0.133. The van der Waals surface area contributed by atoms with Crippen molar-refractivity contribution in [2.45, 2.75) is 83.5 Å². The van der Waals surface area contributed by atoms with E-state index >= 15 is 0 Å². The zero-order chi connectivity index (χ0) is 28.6. The fraction of sp³-hybridized carbons (Fsp3) is 0.690. The molecule has 0 unspecified atom stereocenters. The highest BCUT2D eigenvalue weighted by Crippen LogP contribution is 2.37. The number of nitrogens with zero attached hydrogens (tertiary/aromatic N) is 3. The molecule has 10 nitrogen and oxygen atoms in total. The first kappa shape index (κ1) is 30.4. The van der Waals surface area contributed by atoms with Gasteiger partial charge in [0.2, 0.25) is 5.91 Å². The summed E-state index contributed by atoms with van der Waals surface area (Å²) in [5.41, 5.74) is 0.318. The molecule has 1 N–H and O–H groups in total. The Morgan fingerprint density at radius 2 is 1.69 bits per heavy atom. The molecule has 1 aromatic carbocycles. The molecule has 1 atom stereocenters. The van der Waals surface area contributed by atoms with Gasteiger partial charge in [-0.15, -0.1) is 0 Å². The number of nitrogens with one attached hydrogen (secondary N) is 1. The lowest BCUT2D eigenvalue weighted by Gasteiger charge is -2.38. The van der Waals surface area contributed by atoms with Gasteiger partial charge in [-0.1, -0.05) is 0 Å². The summed E-state index contributed by atoms with van der Waals surface area (Å²) in [6, 6.07) is 5.72. The summed E-state index contributed by atoms with van der Waals surface area (Å²) < 4.78 is 22.1. The second-order valence-corrected chi connectivity index (χ2v) is 11.3. The molecule has 39 heavy (non-hydrogen) atoms. The zero-order valence-electron chi connectivity index (χ0n) is 24.2. The molecule has 0 bridgehead atoms. The topological polar surface area (TPSA) is 113 Å². The molecule has 1 saturated heterocycles. The number of likely N-dealkylation sites (tertiary alicyclic amines) is 1. The van der Waals surface area contributed by atoms with Crippen LogP contribution in [0.5, 0.6) is 17.2 Å². The van der Waals surface area contributed by atoms with Crippen LogP contribution in [0.2, 0.25) is 0 Å². The molecule has 1 aromatic rings. The molecule has 1 aliphatic carbocycles. The van der Waals surface area contributed by atoms with Crippen LogP contribution in [0.15, 0.2) is 12.1 Å². The average molecular weight is 545 g/mol. The van der Waals surface area contributed by atoms with Gasteiger partial charge in [0.25, 0.3) is 0 Å². The van der Waals surface area contributed by atoms with Crippen molar-refractivity contribution in [2.75, 3.05) is 41.0 Å². The molecule has 1 saturated carbocycles. The lowest BCUT2D eigenvalue weighted by atomic mass is 9.85. The molecule has 2 aliphatic rings. The van der Waals surface area contributed by atoms with E-state index < -0.39 is 11.7 Å². The number of amides is 2. The number of carbonyl (C=O) groups excluding carboxylic acids is 2. The minimum Gasteiger partial charge on any atom is -0.496 e. The Hall–Kier alpha value is -3.19. The maximum absolute atomic E-state index is 13.4. The zero-order valence-corrected chi connectivity index (χ0v) is 24.2. The Morgan fingerprint density at radius 1 is 1.05 bits per heavy atom. The predicted molar refractivity (Wildman–Crippen MR) is 147 cm³/mol. The minimum absolute atomic E-state index is 0.0285. The standard InChI is InChI=1S/C29H44N4O6/c1-29(2,3)39-28(35)31-17-20-9-11-21(12-10-20)32(19-27(34)33-13-7-8-22(33)16-30)18-24-25(37-5)14-23(36-4)15-26(24)38-6/h14-15,20-22H,7-13,17-19H2,1-6H3,(H,31,35)/t20-,21-,22-/m0/s1. The smallest absolute Gasteiger partial charge is 0.407 e. The van der Waals surface area contributed by atoms with Gasteiger partial charge in [0, 0.05) is 37.8 Å². The first-order chi connectivity index (χ1) is 18.6. The van der Waals surface area contributed by atoms with Gasteiger partial charge in [-0.3, -0.25) is 9.69 Å². The molecule has 1 aliphatic heterocycles. The monoisotopic (exact) mass is 544 g/mol. The highest BCUT2D eigenvalue weighted by molar-refractivity contribution is 5.79. The SMILES string of the molecule is COc1cc(OC)c(CN(CC(=O)N2CCC[C@H]2C#N)[C@H]2CC[C@H](CNC(=O)OC(C)(C)C)CC2)c(OC)c1. The van der Waals surface area contributed by atoms with Gasteiger partial charge in [-0.05, 0) is 65.2 Å². The van der Waals surface area contributed by atoms with Crippen molar-refractivity contribution in [3.63, 3.8) is 0 Å². The fourth-order valence-corrected chi connectivity index (χ4v) is 5.47. The van der Waals surface area contributed by atoms with Gasteiger partial charge in [0.15, 0.2) is 0 Å². The van der Waals surface area contributed by atoms with Gasteiger partial charge in [0.1, 0.15) is 28.9 Å². The number of carbonyl (C=O) groups is 2. The van der Waals surface area contributed by atoms with Crippen LogP contribution in [0.1, 0.15) is 64.9 Å². The maximum atomic E-state index is 13.4. The van der Waals surface area contributed by atoms with Crippen LogP contribution in [0.4, 0.5) is 4.79 Å². The van der Waals surface area contributed by atoms with Gasteiger partial charge < -0.3 is 29.2 Å². The van der Waals surface area contributed by atoms with Crippen molar-refractivity contribution in [2.24, 2.45) is 5.92 Å². The van der Waals surface area contributed by atoms with Crippen molar-refractivity contribution in [1.82, 2.24) is 15.1 Å². The van der Waals surface area contributed by atoms with Crippen LogP contribution in [0.3, 0.4) is 0 Å². The fourth-order valence-electron chi connectivity index (χ4n) is 5.47. The summed E-state index contributed by atoms with van der Waals surface area (Å²) in [5, 5.41) is 12.4. The number of ether oxygens (including phenoxy) is 4. The summed E-state index contributed by atoms with van der Waals surface area (Å²) in [6.07, 6.45) is 4.79. The number of nitriles is 1. The molecule has 2 amide bonds. The van der Waals surface area contributed by atoms with Gasteiger partial charge >= 0.3 is 6.09 Å². The van der Waals surface area contributed by atoms with E-state index in [-0.39, 0.29) is 24.5 Å².